The minimum atomic E-state index is -1.53. The second kappa shape index (κ2) is 4.01. The molecule has 5 N–H and O–H groups in total. The van der Waals surface area contributed by atoms with Gasteiger partial charge in [0.15, 0.2) is 0 Å². The second-order valence-electron chi connectivity index (χ2n) is 3.08. The third-order valence-corrected chi connectivity index (χ3v) is 1.90. The van der Waals surface area contributed by atoms with Crippen molar-refractivity contribution in [2.45, 2.75) is 13.0 Å². The van der Waals surface area contributed by atoms with Gasteiger partial charge in [0.25, 0.3) is 11.8 Å². The van der Waals surface area contributed by atoms with Crippen molar-refractivity contribution in [1.82, 2.24) is 10.6 Å². The van der Waals surface area contributed by atoms with E-state index in [1.165, 1.54) is 0 Å². The fraction of sp³-hybridized carbons (Fsp3) is 0.250. The number of rotatable bonds is 2. The number of hydrogen-bond acceptors (Lipinski definition) is 5. The third kappa shape index (κ3) is 2.00. The predicted molar refractivity (Wildman–Crippen MR) is 49.6 cm³/mol. The maximum atomic E-state index is 11.3. The largest absolute Gasteiger partial charge is 0.478 e. The van der Waals surface area contributed by atoms with Gasteiger partial charge in [0.2, 0.25) is 5.91 Å². The van der Waals surface area contributed by atoms with Crippen LogP contribution in [0.2, 0.25) is 0 Å². The fourth-order valence-electron chi connectivity index (χ4n) is 1.24. The quantitative estimate of drug-likeness (QED) is 0.383. The smallest absolute Gasteiger partial charge is 0.336 e. The van der Waals surface area contributed by atoms with Crippen LogP contribution in [-0.4, -0.2) is 34.8 Å². The Bertz CT molecular complexity index is 425. The van der Waals surface area contributed by atoms with Crippen LogP contribution in [0.3, 0.4) is 0 Å². The van der Waals surface area contributed by atoms with E-state index in [0.29, 0.717) is 0 Å². The predicted octanol–water partition coefficient (Wildman–Crippen LogP) is -2.56. The lowest BCUT2D eigenvalue weighted by Crippen LogP contribution is -2.56. The summed E-state index contributed by atoms with van der Waals surface area (Å²) in [7, 11) is 0. The van der Waals surface area contributed by atoms with Crippen molar-refractivity contribution in [2.75, 3.05) is 0 Å². The van der Waals surface area contributed by atoms with Gasteiger partial charge >= 0.3 is 5.97 Å². The first kappa shape index (κ1) is 11.7. The Hall–Kier alpha value is -2.38. The maximum absolute atomic E-state index is 11.3. The van der Waals surface area contributed by atoms with Crippen molar-refractivity contribution in [2.24, 2.45) is 5.73 Å². The van der Waals surface area contributed by atoms with E-state index in [2.05, 4.69) is 5.32 Å². The summed E-state index contributed by atoms with van der Waals surface area (Å²) in [6, 6.07) is -1.45. The molecule has 1 aliphatic heterocycles. The van der Waals surface area contributed by atoms with E-state index < -0.39 is 41.0 Å². The standard InChI is InChI=1S/C8H9N3O5/c1-2(12)10-5-3(8(15)16)4(9)6(13)11-7(5)14/h5H,9H2,1H3,(H,10,12)(H,15,16)(H,11,13,14)/t5-/m0/s1. The topological polar surface area (TPSA) is 139 Å². The fourth-order valence-corrected chi connectivity index (χ4v) is 1.24. The van der Waals surface area contributed by atoms with E-state index >= 15 is 0 Å². The van der Waals surface area contributed by atoms with Gasteiger partial charge in [0, 0.05) is 6.92 Å². The summed E-state index contributed by atoms with van der Waals surface area (Å²) in [6.45, 7) is 1.11. The van der Waals surface area contributed by atoms with Crippen molar-refractivity contribution in [3.8, 4) is 0 Å². The van der Waals surface area contributed by atoms with Gasteiger partial charge < -0.3 is 16.2 Å². The van der Waals surface area contributed by atoms with Crippen LogP contribution in [-0.2, 0) is 19.2 Å². The van der Waals surface area contributed by atoms with E-state index in [4.69, 9.17) is 10.8 Å². The van der Waals surface area contributed by atoms with E-state index in [1.54, 1.807) is 0 Å². The molecule has 8 heteroatoms. The number of carboxylic acids is 1. The SMILES string of the molecule is CC(=O)N[C@@H]1C(=O)NC(=O)C(N)=C1C(=O)O. The number of carboxylic acid groups (broad SMARTS) is 1. The number of nitrogens with one attached hydrogen (secondary N) is 2. The summed E-state index contributed by atoms with van der Waals surface area (Å²) in [5.41, 5.74) is 4.02. The van der Waals surface area contributed by atoms with E-state index in [1.807, 2.05) is 5.32 Å². The summed E-state index contributed by atoms with van der Waals surface area (Å²) >= 11 is 0. The molecule has 0 fully saturated rings. The molecule has 0 aromatic carbocycles. The second-order valence-corrected chi connectivity index (χ2v) is 3.08. The summed E-state index contributed by atoms with van der Waals surface area (Å²) in [5.74, 6) is -4.05. The molecular formula is C8H9N3O5. The highest BCUT2D eigenvalue weighted by Crippen LogP contribution is 2.12. The lowest BCUT2D eigenvalue weighted by atomic mass is 10.00. The first-order valence-electron chi connectivity index (χ1n) is 4.19. The Kier molecular flexibility index (Phi) is 2.93. The highest BCUT2D eigenvalue weighted by Gasteiger charge is 2.37. The minimum Gasteiger partial charge on any atom is -0.478 e. The van der Waals surface area contributed by atoms with E-state index in [-0.39, 0.29) is 0 Å². The van der Waals surface area contributed by atoms with Crippen LogP contribution in [0.5, 0.6) is 0 Å². The van der Waals surface area contributed by atoms with Crippen molar-refractivity contribution in [1.29, 1.82) is 0 Å². The molecule has 1 rings (SSSR count). The number of amides is 3. The molecule has 3 amide bonds. The third-order valence-electron chi connectivity index (χ3n) is 1.90. The van der Waals surface area contributed by atoms with Crippen LogP contribution in [0.15, 0.2) is 11.3 Å². The molecule has 0 saturated carbocycles. The zero-order valence-corrected chi connectivity index (χ0v) is 8.23. The molecule has 0 aromatic rings. The first-order chi connectivity index (χ1) is 7.34. The van der Waals surface area contributed by atoms with Crippen LogP contribution in [0.1, 0.15) is 6.92 Å². The van der Waals surface area contributed by atoms with E-state index in [0.717, 1.165) is 6.92 Å². The number of nitrogens with two attached hydrogens (primary N) is 1. The zero-order chi connectivity index (χ0) is 12.5. The Morgan fingerprint density at radius 2 is 2.00 bits per heavy atom. The Morgan fingerprint density at radius 1 is 1.44 bits per heavy atom. The van der Waals surface area contributed by atoms with Crippen molar-refractivity contribution in [3.63, 3.8) is 0 Å². The first-order valence-corrected chi connectivity index (χ1v) is 4.19. The molecule has 0 spiro atoms. The van der Waals surface area contributed by atoms with Gasteiger partial charge in [-0.15, -0.1) is 0 Å². The lowest BCUT2D eigenvalue weighted by molar-refractivity contribution is -0.138. The molecule has 1 heterocycles. The van der Waals surface area contributed by atoms with Crippen molar-refractivity contribution >= 4 is 23.7 Å². The van der Waals surface area contributed by atoms with Gasteiger partial charge in [-0.3, -0.25) is 19.7 Å². The molecule has 0 aromatic heterocycles. The molecule has 16 heavy (non-hydrogen) atoms. The maximum Gasteiger partial charge on any atom is 0.336 e. The number of aliphatic carboxylic acids is 1. The minimum absolute atomic E-state index is 0.592. The number of hydrogen-bond donors (Lipinski definition) is 4. The molecule has 0 radical (unpaired) electrons. The summed E-state index contributed by atoms with van der Waals surface area (Å²) in [4.78, 5) is 44.0. The Morgan fingerprint density at radius 3 is 2.44 bits per heavy atom. The van der Waals surface area contributed by atoms with Crippen molar-refractivity contribution in [3.05, 3.63) is 11.3 Å². The molecule has 0 aliphatic carbocycles. The monoisotopic (exact) mass is 227 g/mol. The van der Waals surface area contributed by atoms with Gasteiger partial charge in [0.1, 0.15) is 11.7 Å². The highest BCUT2D eigenvalue weighted by atomic mass is 16.4. The van der Waals surface area contributed by atoms with Crippen LogP contribution < -0.4 is 16.4 Å². The Balaban J connectivity index is 3.22. The van der Waals surface area contributed by atoms with Crippen molar-refractivity contribution < 1.29 is 24.3 Å². The molecule has 0 unspecified atom stereocenters. The van der Waals surface area contributed by atoms with Gasteiger partial charge in [0.05, 0.1) is 5.57 Å². The number of imide groups is 1. The number of carbonyl (C=O) groups is 4. The molecule has 0 bridgehead atoms. The molecule has 8 nitrogen and oxygen atoms in total. The normalized spacial score (nSPS) is 20.4. The lowest BCUT2D eigenvalue weighted by Gasteiger charge is -2.23. The zero-order valence-electron chi connectivity index (χ0n) is 8.23. The Labute approximate surface area is 89.5 Å². The molecule has 1 atom stereocenters. The van der Waals surface area contributed by atoms with Crippen LogP contribution in [0.25, 0.3) is 0 Å². The van der Waals surface area contributed by atoms with Gasteiger partial charge in [-0.1, -0.05) is 0 Å². The summed E-state index contributed by atoms with van der Waals surface area (Å²) in [6.07, 6.45) is 0. The van der Waals surface area contributed by atoms with Crippen LogP contribution in [0.4, 0.5) is 0 Å². The van der Waals surface area contributed by atoms with Gasteiger partial charge in [-0.05, 0) is 0 Å². The molecule has 1 aliphatic rings. The summed E-state index contributed by atoms with van der Waals surface area (Å²) in [5, 5.41) is 12.7. The summed E-state index contributed by atoms with van der Waals surface area (Å²) < 4.78 is 0. The molecule has 0 saturated heterocycles. The van der Waals surface area contributed by atoms with Crippen LogP contribution >= 0.6 is 0 Å². The average molecular weight is 227 g/mol. The average Bonchev–Trinajstić information content (AvgIpc) is 2.13. The van der Waals surface area contributed by atoms with Gasteiger partial charge in [-0.2, -0.15) is 0 Å². The van der Waals surface area contributed by atoms with Gasteiger partial charge in [-0.25, -0.2) is 4.79 Å². The number of carbonyl (C=O) groups excluding carboxylic acids is 3. The van der Waals surface area contributed by atoms with Crippen LogP contribution in [0, 0.1) is 0 Å². The van der Waals surface area contributed by atoms with E-state index in [9.17, 15) is 19.2 Å². The molecular weight excluding hydrogens is 218 g/mol. The molecule has 86 valence electrons. The highest BCUT2D eigenvalue weighted by molar-refractivity contribution is 6.17.